The highest BCUT2D eigenvalue weighted by molar-refractivity contribution is 5.66. The molecule has 0 radical (unpaired) electrons. The number of halogens is 1. The van der Waals surface area contributed by atoms with E-state index in [4.69, 9.17) is 0 Å². The molecular weight excluding hydrogens is 175 g/mol. The van der Waals surface area contributed by atoms with E-state index in [1.54, 1.807) is 12.1 Å². The Hall–Kier alpha value is -1.11. The van der Waals surface area contributed by atoms with E-state index in [-0.39, 0.29) is 5.82 Å². The summed E-state index contributed by atoms with van der Waals surface area (Å²) in [7, 11) is 0. The Bertz CT molecular complexity index is 339. The van der Waals surface area contributed by atoms with Crippen LogP contribution in [-0.2, 0) is 0 Å². The number of hydrogen-bond donors (Lipinski definition) is 0. The largest absolute Gasteiger partial charge is 0.206 e. The Morgan fingerprint density at radius 2 is 1.86 bits per heavy atom. The van der Waals surface area contributed by atoms with Crippen molar-refractivity contribution in [3.63, 3.8) is 0 Å². The zero-order valence-corrected chi connectivity index (χ0v) is 8.30. The summed E-state index contributed by atoms with van der Waals surface area (Å²) >= 11 is 0. The second-order valence-corrected chi connectivity index (χ2v) is 3.81. The van der Waals surface area contributed by atoms with E-state index in [1.807, 2.05) is 12.1 Å². The van der Waals surface area contributed by atoms with Crippen LogP contribution in [0.2, 0.25) is 0 Å². The SMILES string of the molecule is Fc1ccccc1C1=CCCCCC1. The van der Waals surface area contributed by atoms with Gasteiger partial charge in [-0.05, 0) is 37.3 Å². The molecule has 0 aromatic heterocycles. The Kier molecular flexibility index (Phi) is 2.97. The van der Waals surface area contributed by atoms with Gasteiger partial charge in [-0.1, -0.05) is 30.7 Å². The summed E-state index contributed by atoms with van der Waals surface area (Å²) < 4.78 is 13.5. The van der Waals surface area contributed by atoms with E-state index in [2.05, 4.69) is 6.08 Å². The maximum absolute atomic E-state index is 13.5. The molecule has 1 aromatic carbocycles. The lowest BCUT2D eigenvalue weighted by atomic mass is 10.0. The van der Waals surface area contributed by atoms with E-state index in [0.29, 0.717) is 0 Å². The topological polar surface area (TPSA) is 0 Å². The number of rotatable bonds is 1. The van der Waals surface area contributed by atoms with Gasteiger partial charge in [0.25, 0.3) is 0 Å². The van der Waals surface area contributed by atoms with Crippen LogP contribution in [0.1, 0.15) is 37.7 Å². The third kappa shape index (κ3) is 2.03. The van der Waals surface area contributed by atoms with Crippen molar-refractivity contribution in [1.29, 1.82) is 0 Å². The van der Waals surface area contributed by atoms with Gasteiger partial charge in [-0.3, -0.25) is 0 Å². The fraction of sp³-hybridized carbons (Fsp3) is 0.385. The first-order chi connectivity index (χ1) is 6.88. The van der Waals surface area contributed by atoms with E-state index in [1.165, 1.54) is 24.8 Å². The van der Waals surface area contributed by atoms with Crippen LogP contribution in [0.5, 0.6) is 0 Å². The minimum atomic E-state index is -0.0827. The second-order valence-electron chi connectivity index (χ2n) is 3.81. The molecule has 1 aromatic rings. The van der Waals surface area contributed by atoms with Crippen molar-refractivity contribution in [2.75, 3.05) is 0 Å². The van der Waals surface area contributed by atoms with Crippen molar-refractivity contribution in [2.45, 2.75) is 32.1 Å². The smallest absolute Gasteiger partial charge is 0.130 e. The van der Waals surface area contributed by atoms with Crippen molar-refractivity contribution in [1.82, 2.24) is 0 Å². The van der Waals surface area contributed by atoms with Crippen LogP contribution in [-0.4, -0.2) is 0 Å². The molecule has 0 nitrogen and oxygen atoms in total. The normalized spacial score (nSPS) is 17.4. The summed E-state index contributed by atoms with van der Waals surface area (Å²) in [4.78, 5) is 0. The highest BCUT2D eigenvalue weighted by atomic mass is 19.1. The lowest BCUT2D eigenvalue weighted by Crippen LogP contribution is -1.88. The fourth-order valence-electron chi connectivity index (χ4n) is 1.98. The quantitative estimate of drug-likeness (QED) is 0.623. The van der Waals surface area contributed by atoms with Crippen LogP contribution in [0.25, 0.3) is 5.57 Å². The Morgan fingerprint density at radius 1 is 1.00 bits per heavy atom. The standard InChI is InChI=1S/C13H15F/c14-13-10-6-5-9-12(13)11-7-3-1-2-4-8-11/h5-7,9-10H,1-4,8H2. The molecule has 0 fully saturated rings. The van der Waals surface area contributed by atoms with Crippen molar-refractivity contribution in [2.24, 2.45) is 0 Å². The molecule has 1 aliphatic carbocycles. The maximum atomic E-state index is 13.5. The second kappa shape index (κ2) is 4.41. The molecule has 0 saturated heterocycles. The molecule has 2 rings (SSSR count). The average Bonchev–Trinajstić information content (AvgIpc) is 2.47. The molecular formula is C13H15F. The Balaban J connectivity index is 2.29. The minimum Gasteiger partial charge on any atom is -0.206 e. The van der Waals surface area contributed by atoms with E-state index >= 15 is 0 Å². The predicted octanol–water partition coefficient (Wildman–Crippen LogP) is 4.17. The monoisotopic (exact) mass is 190 g/mol. The van der Waals surface area contributed by atoms with Gasteiger partial charge in [-0.25, -0.2) is 4.39 Å². The summed E-state index contributed by atoms with van der Waals surface area (Å²) in [5.74, 6) is -0.0827. The fourth-order valence-corrected chi connectivity index (χ4v) is 1.98. The highest BCUT2D eigenvalue weighted by Crippen LogP contribution is 2.27. The molecule has 0 unspecified atom stereocenters. The number of hydrogen-bond acceptors (Lipinski definition) is 0. The van der Waals surface area contributed by atoms with Gasteiger partial charge in [0.1, 0.15) is 5.82 Å². The van der Waals surface area contributed by atoms with Crippen molar-refractivity contribution >= 4 is 5.57 Å². The van der Waals surface area contributed by atoms with Gasteiger partial charge in [0.15, 0.2) is 0 Å². The van der Waals surface area contributed by atoms with Crippen LogP contribution in [0.15, 0.2) is 30.3 Å². The molecule has 0 amide bonds. The van der Waals surface area contributed by atoms with Crippen LogP contribution in [0.3, 0.4) is 0 Å². The van der Waals surface area contributed by atoms with Crippen molar-refractivity contribution in [3.05, 3.63) is 41.7 Å². The summed E-state index contributed by atoms with van der Waals surface area (Å²) in [6.45, 7) is 0. The predicted molar refractivity (Wildman–Crippen MR) is 57.5 cm³/mol. The molecule has 14 heavy (non-hydrogen) atoms. The average molecular weight is 190 g/mol. The summed E-state index contributed by atoms with van der Waals surface area (Å²) in [5.41, 5.74) is 2.00. The first-order valence-corrected chi connectivity index (χ1v) is 5.32. The van der Waals surface area contributed by atoms with E-state index < -0.39 is 0 Å². The van der Waals surface area contributed by atoms with Gasteiger partial charge in [-0.2, -0.15) is 0 Å². The van der Waals surface area contributed by atoms with Crippen LogP contribution >= 0.6 is 0 Å². The molecule has 1 heteroatoms. The van der Waals surface area contributed by atoms with Crippen molar-refractivity contribution in [3.8, 4) is 0 Å². The lowest BCUT2D eigenvalue weighted by molar-refractivity contribution is 0.622. The van der Waals surface area contributed by atoms with Gasteiger partial charge in [-0.15, -0.1) is 0 Å². The van der Waals surface area contributed by atoms with Crippen LogP contribution < -0.4 is 0 Å². The highest BCUT2D eigenvalue weighted by Gasteiger charge is 2.08. The summed E-state index contributed by atoms with van der Waals surface area (Å²) in [6, 6.07) is 7.08. The summed E-state index contributed by atoms with van der Waals surface area (Å²) in [6.07, 6.45) is 8.04. The molecule has 74 valence electrons. The first kappa shape index (κ1) is 9.45. The van der Waals surface area contributed by atoms with Gasteiger partial charge in [0.2, 0.25) is 0 Å². The molecule has 0 aliphatic heterocycles. The lowest BCUT2D eigenvalue weighted by Gasteiger charge is -2.06. The van der Waals surface area contributed by atoms with Crippen LogP contribution in [0, 0.1) is 5.82 Å². The van der Waals surface area contributed by atoms with Gasteiger partial charge < -0.3 is 0 Å². The van der Waals surface area contributed by atoms with E-state index in [0.717, 1.165) is 18.4 Å². The third-order valence-electron chi connectivity index (χ3n) is 2.76. The molecule has 0 heterocycles. The molecule has 0 saturated carbocycles. The molecule has 0 bridgehead atoms. The van der Waals surface area contributed by atoms with E-state index in [9.17, 15) is 4.39 Å². The van der Waals surface area contributed by atoms with Gasteiger partial charge in [0.05, 0.1) is 0 Å². The minimum absolute atomic E-state index is 0.0827. The van der Waals surface area contributed by atoms with Crippen molar-refractivity contribution < 1.29 is 4.39 Å². The summed E-state index contributed by atoms with van der Waals surface area (Å²) in [5, 5.41) is 0. The molecule has 0 atom stereocenters. The molecule has 1 aliphatic rings. The van der Waals surface area contributed by atoms with Gasteiger partial charge >= 0.3 is 0 Å². The Labute approximate surface area is 84.5 Å². The third-order valence-corrected chi connectivity index (χ3v) is 2.76. The number of benzene rings is 1. The molecule has 0 N–H and O–H groups in total. The molecule has 0 spiro atoms. The zero-order chi connectivity index (χ0) is 9.80. The van der Waals surface area contributed by atoms with Gasteiger partial charge in [0, 0.05) is 5.56 Å². The van der Waals surface area contributed by atoms with Crippen LogP contribution in [0.4, 0.5) is 4.39 Å². The first-order valence-electron chi connectivity index (χ1n) is 5.32. The number of allylic oxidation sites excluding steroid dienone is 2. The Morgan fingerprint density at radius 3 is 2.71 bits per heavy atom. The zero-order valence-electron chi connectivity index (χ0n) is 8.30. The maximum Gasteiger partial charge on any atom is 0.130 e.